The number of halogens is 3. The summed E-state index contributed by atoms with van der Waals surface area (Å²) in [6.45, 7) is 0. The Labute approximate surface area is 508 Å². The third-order valence-corrected chi connectivity index (χ3v) is 11.4. The van der Waals surface area contributed by atoms with Crippen LogP contribution in [0.5, 0.6) is 34.9 Å². The lowest BCUT2D eigenvalue weighted by molar-refractivity contribution is 0.215. The van der Waals surface area contributed by atoms with Crippen LogP contribution in [0.25, 0.3) is 0 Å². The first-order valence-corrected chi connectivity index (χ1v) is 25.7. The summed E-state index contributed by atoms with van der Waals surface area (Å²) in [6.07, 6.45) is 15.6. The number of nitrogens with zero attached hydrogens (tertiary/aromatic N) is 12. The monoisotopic (exact) mass is 1240 g/mol. The summed E-state index contributed by atoms with van der Waals surface area (Å²) in [6, 6.07) is 24.7. The number of pyridine rings is 3. The number of nitrogen functional groups attached to an aromatic ring is 3. The number of ether oxygens (including phenoxy) is 3. The van der Waals surface area contributed by atoms with Crippen molar-refractivity contribution in [3.05, 3.63) is 179 Å². The van der Waals surface area contributed by atoms with E-state index in [1.165, 1.54) is 83.4 Å². The molecule has 0 radical (unpaired) electrons. The second kappa shape index (κ2) is 32.2. The number of nitrogens with one attached hydrogen (secondary N) is 6. The van der Waals surface area contributed by atoms with Crippen molar-refractivity contribution in [3.63, 3.8) is 0 Å². The maximum atomic E-state index is 12.1. The lowest BCUT2D eigenvalue weighted by atomic mass is 10.3. The van der Waals surface area contributed by atoms with Crippen molar-refractivity contribution in [3.8, 4) is 34.9 Å². The maximum absolute atomic E-state index is 12.1. The van der Waals surface area contributed by atoms with E-state index in [1.807, 2.05) is 0 Å². The molecule has 0 saturated carbocycles. The molecule has 0 aliphatic rings. The minimum atomic E-state index is -0.485. The largest absolute Gasteiger partial charge is 0.438 e. The van der Waals surface area contributed by atoms with E-state index in [1.54, 1.807) is 104 Å². The minimum absolute atomic E-state index is 0.169. The van der Waals surface area contributed by atoms with Gasteiger partial charge in [-0.3, -0.25) is 15.3 Å². The number of hydrogen-bond acceptors (Lipinski definition) is 24. The summed E-state index contributed by atoms with van der Waals surface area (Å²) in [5, 5.41) is 27.6. The molecule has 0 unspecified atom stereocenters. The predicted molar refractivity (Wildman–Crippen MR) is 328 cm³/mol. The lowest BCUT2D eigenvalue weighted by Crippen LogP contribution is -2.20. The van der Waals surface area contributed by atoms with Crippen molar-refractivity contribution in [1.29, 1.82) is 0 Å². The second-order valence-corrected chi connectivity index (χ2v) is 17.6. The fourth-order valence-electron chi connectivity index (χ4n) is 6.57. The van der Waals surface area contributed by atoms with Crippen LogP contribution in [0.4, 0.5) is 66.1 Å². The zero-order valence-electron chi connectivity index (χ0n) is 45.5. The number of benzene rings is 3. The fourth-order valence-corrected chi connectivity index (χ4v) is 7.22. The highest BCUT2D eigenvalue weighted by Crippen LogP contribution is 2.34. The Kier molecular flexibility index (Phi) is 23.2. The average molecular weight is 1240 g/mol. The van der Waals surface area contributed by atoms with E-state index in [-0.39, 0.29) is 50.2 Å². The van der Waals surface area contributed by atoms with Crippen molar-refractivity contribution in [2.24, 2.45) is 15.5 Å². The molecule has 87 heavy (non-hydrogen) atoms. The molecule has 33 heteroatoms. The number of nitrogens with two attached hydrogens (primary N) is 3. The number of carbonyl (C=O) groups is 3. The second-order valence-electron chi connectivity index (χ2n) is 16.3. The molecule has 9 rings (SSSR count). The van der Waals surface area contributed by atoms with Crippen LogP contribution in [-0.4, -0.2) is 103 Å². The molecule has 0 aliphatic heterocycles. The molecule has 6 amide bonds. The summed E-state index contributed by atoms with van der Waals surface area (Å²) in [5.41, 5.74) is 20.8. The quantitative estimate of drug-likeness (QED) is 0.0285. The van der Waals surface area contributed by atoms with Gasteiger partial charge in [-0.05, 0) is 72.8 Å². The molecule has 30 nitrogen and oxygen atoms in total. The van der Waals surface area contributed by atoms with Crippen LogP contribution in [0.2, 0.25) is 15.1 Å². The maximum Gasteiger partial charge on any atom is 0.324 e. The molecular formula is C54H48Cl3N21O9. The van der Waals surface area contributed by atoms with Crippen LogP contribution in [0.15, 0.2) is 162 Å². The Bertz CT molecular complexity index is 3490. The standard InChI is InChI=1S/3C18H16ClN7O3/c1-28-24-9-13-16(20)22-10-23-17(13)29-12-2-3-15(14(19)8-12)26-18(27)25-11-4-6-21-7-5-11;1-28-24-9-13-16(20)22-10-23-17(13)29-12-4-5-15(14(19)7-12)26-18(27)25-11-3-2-6-21-8-11;1-28-24-9-12-16(20)22-10-23-17(12)29-11-5-6-14(13(19)8-11)25-18(27)26-15-4-2-3-7-21-15/h2-10H,1H3,(H2,20,22,23)(H2,21,25,26,27);2-10H,1H3,(H2,20,22,23)(H2,25,26,27);2-10H,1H3,(H2,20,22,23)(H2,21,25,26,27)/b3*24-9+. The zero-order valence-corrected chi connectivity index (χ0v) is 47.8. The van der Waals surface area contributed by atoms with Crippen LogP contribution in [0, 0.1) is 0 Å². The molecule has 0 fully saturated rings. The number of aromatic nitrogens is 9. The summed E-state index contributed by atoms with van der Waals surface area (Å²) < 4.78 is 17.2. The van der Waals surface area contributed by atoms with E-state index in [0.29, 0.717) is 68.2 Å². The van der Waals surface area contributed by atoms with Gasteiger partial charge in [0.2, 0.25) is 17.6 Å². The first-order chi connectivity index (χ1) is 42.2. The smallest absolute Gasteiger partial charge is 0.324 e. The third-order valence-electron chi connectivity index (χ3n) is 10.5. The molecule has 0 bridgehead atoms. The third kappa shape index (κ3) is 19.4. The van der Waals surface area contributed by atoms with E-state index < -0.39 is 18.1 Å². The van der Waals surface area contributed by atoms with E-state index in [4.69, 9.17) is 66.2 Å². The van der Waals surface area contributed by atoms with Gasteiger partial charge in [-0.15, -0.1) is 0 Å². The summed E-state index contributed by atoms with van der Waals surface area (Å²) in [4.78, 5) is 85.9. The fraction of sp³-hybridized carbons (Fsp3) is 0.0556. The van der Waals surface area contributed by atoms with Crippen molar-refractivity contribution in [2.45, 2.75) is 0 Å². The Morgan fingerprint density at radius 2 is 0.851 bits per heavy atom. The number of oxime groups is 3. The molecule has 0 spiro atoms. The molecule has 0 atom stereocenters. The molecule has 0 aliphatic carbocycles. The van der Waals surface area contributed by atoms with Crippen molar-refractivity contribution in [2.75, 3.05) is 70.4 Å². The van der Waals surface area contributed by atoms with Crippen molar-refractivity contribution >= 4 is 123 Å². The van der Waals surface area contributed by atoms with Gasteiger partial charge in [0, 0.05) is 48.7 Å². The van der Waals surface area contributed by atoms with Gasteiger partial charge in [-0.25, -0.2) is 49.3 Å². The molecule has 3 aromatic carbocycles. The molecule has 6 aromatic heterocycles. The first kappa shape index (κ1) is 62.8. The summed E-state index contributed by atoms with van der Waals surface area (Å²) in [5.74, 6) is 2.56. The van der Waals surface area contributed by atoms with Crippen molar-refractivity contribution in [1.82, 2.24) is 44.9 Å². The highest BCUT2D eigenvalue weighted by molar-refractivity contribution is 6.35. The average Bonchev–Trinajstić information content (AvgIpc) is 3.19. The van der Waals surface area contributed by atoms with Crippen LogP contribution in [-0.2, 0) is 14.5 Å². The Hall–Kier alpha value is -11.8. The lowest BCUT2D eigenvalue weighted by Gasteiger charge is -2.12. The van der Waals surface area contributed by atoms with Crippen LogP contribution in [0.3, 0.4) is 0 Å². The number of carbonyl (C=O) groups excluding carboxylic acids is 3. The van der Waals surface area contributed by atoms with Gasteiger partial charge in [-0.1, -0.05) is 56.3 Å². The number of amides is 6. The highest BCUT2D eigenvalue weighted by atomic mass is 35.5. The Morgan fingerprint density at radius 3 is 1.22 bits per heavy atom. The number of urea groups is 3. The van der Waals surface area contributed by atoms with Gasteiger partial charge >= 0.3 is 18.1 Å². The SMILES string of the molecule is CO/N=C/c1c(N)ncnc1Oc1ccc(NC(=O)Nc2ccccn2)c(Cl)c1.CO/N=C/c1c(N)ncnc1Oc1ccc(NC(=O)Nc2cccnc2)c(Cl)c1.CO/N=C/c1c(N)ncnc1Oc1ccc(NC(=O)Nc2ccncc2)c(Cl)c1. The molecule has 6 heterocycles. The molecular weight excluding hydrogens is 1190 g/mol. The van der Waals surface area contributed by atoms with Crippen LogP contribution in [0.1, 0.15) is 16.7 Å². The van der Waals surface area contributed by atoms with Crippen molar-refractivity contribution < 1.29 is 43.1 Å². The van der Waals surface area contributed by atoms with Crippen LogP contribution >= 0.6 is 34.8 Å². The van der Waals surface area contributed by atoms with E-state index in [2.05, 4.69) is 107 Å². The topological polar surface area (TPSA) is 410 Å². The summed E-state index contributed by atoms with van der Waals surface area (Å²) in [7, 11) is 4.19. The van der Waals surface area contributed by atoms with E-state index in [0.717, 1.165) is 0 Å². The Balaban J connectivity index is 0.000000186. The van der Waals surface area contributed by atoms with Gasteiger partial charge < -0.3 is 72.5 Å². The van der Waals surface area contributed by atoms with Gasteiger partial charge in [0.05, 0.1) is 62.7 Å². The van der Waals surface area contributed by atoms with Gasteiger partial charge in [0.1, 0.15) is 97.5 Å². The first-order valence-electron chi connectivity index (χ1n) is 24.6. The van der Waals surface area contributed by atoms with E-state index >= 15 is 0 Å². The van der Waals surface area contributed by atoms with E-state index in [9.17, 15) is 14.4 Å². The summed E-state index contributed by atoms with van der Waals surface area (Å²) >= 11 is 18.8. The normalized spacial score (nSPS) is 10.6. The number of rotatable bonds is 18. The van der Waals surface area contributed by atoms with Gasteiger partial charge in [0.15, 0.2) is 0 Å². The molecule has 0 saturated heterocycles. The number of anilines is 9. The molecule has 12 N–H and O–H groups in total. The molecule has 9 aromatic rings. The Morgan fingerprint density at radius 1 is 0.437 bits per heavy atom. The number of hydrogen-bond donors (Lipinski definition) is 9. The van der Waals surface area contributed by atoms with Gasteiger partial charge in [0.25, 0.3) is 0 Å². The molecule has 444 valence electrons. The van der Waals surface area contributed by atoms with Crippen LogP contribution < -0.4 is 63.3 Å². The zero-order chi connectivity index (χ0) is 61.9. The predicted octanol–water partition coefficient (Wildman–Crippen LogP) is 10.6. The minimum Gasteiger partial charge on any atom is -0.438 e. The van der Waals surface area contributed by atoms with Gasteiger partial charge in [-0.2, -0.15) is 0 Å². The highest BCUT2D eigenvalue weighted by Gasteiger charge is 2.17.